The average molecular weight is 253 g/mol. The van der Waals surface area contributed by atoms with Gasteiger partial charge in [-0.1, -0.05) is 26.7 Å². The third-order valence-electron chi connectivity index (χ3n) is 2.52. The summed E-state index contributed by atoms with van der Waals surface area (Å²) in [5.74, 6) is 0. The zero-order valence-corrected chi connectivity index (χ0v) is 11.5. The molecule has 0 saturated carbocycles. The summed E-state index contributed by atoms with van der Waals surface area (Å²) in [6.07, 6.45) is 5.15. The van der Waals surface area contributed by atoms with Gasteiger partial charge in [-0.3, -0.25) is 0 Å². The standard InChI is InChI=1S/C10H24NO2PS/c1-3-10(2)14(12,15)13-9-7-5-4-6-8-11/h10H,3-9,11H2,1-2H3,(H,12,15). The molecule has 0 bridgehead atoms. The summed E-state index contributed by atoms with van der Waals surface area (Å²) in [4.78, 5) is 9.87. The van der Waals surface area contributed by atoms with Gasteiger partial charge in [-0.05, 0) is 37.6 Å². The summed E-state index contributed by atoms with van der Waals surface area (Å²) >= 11 is 5.09. The molecule has 0 rings (SSSR count). The Balaban J connectivity index is 3.53. The topological polar surface area (TPSA) is 55.5 Å². The van der Waals surface area contributed by atoms with Crippen LogP contribution in [-0.2, 0) is 16.3 Å². The molecule has 3 nitrogen and oxygen atoms in total. The lowest BCUT2D eigenvalue weighted by molar-refractivity contribution is 0.290. The number of unbranched alkanes of at least 4 members (excludes halogenated alkanes) is 3. The van der Waals surface area contributed by atoms with E-state index in [-0.39, 0.29) is 5.66 Å². The van der Waals surface area contributed by atoms with E-state index < -0.39 is 6.49 Å². The predicted molar refractivity (Wildman–Crippen MR) is 69.7 cm³/mol. The van der Waals surface area contributed by atoms with Crippen LogP contribution in [-0.4, -0.2) is 23.7 Å². The van der Waals surface area contributed by atoms with Crippen LogP contribution < -0.4 is 5.73 Å². The van der Waals surface area contributed by atoms with Crippen molar-refractivity contribution in [1.82, 2.24) is 0 Å². The van der Waals surface area contributed by atoms with Crippen LogP contribution in [0.3, 0.4) is 0 Å². The highest BCUT2D eigenvalue weighted by Gasteiger charge is 2.20. The molecular formula is C10H24NO2PS. The van der Waals surface area contributed by atoms with Crippen molar-refractivity contribution in [1.29, 1.82) is 0 Å². The number of nitrogens with two attached hydrogens (primary N) is 1. The van der Waals surface area contributed by atoms with Crippen LogP contribution in [0, 0.1) is 0 Å². The summed E-state index contributed by atoms with van der Waals surface area (Å²) < 4.78 is 5.41. The van der Waals surface area contributed by atoms with Crippen molar-refractivity contribution in [2.45, 2.75) is 51.6 Å². The SMILES string of the molecule is CCC(C)P(O)(=S)OCCCCCCN. The molecule has 0 aliphatic heterocycles. The minimum absolute atomic E-state index is 0.108. The van der Waals surface area contributed by atoms with Crippen LogP contribution in [0.15, 0.2) is 0 Å². The Hall–Kier alpha value is 0.530. The van der Waals surface area contributed by atoms with E-state index in [1.54, 1.807) is 0 Å². The molecule has 0 aromatic carbocycles. The van der Waals surface area contributed by atoms with Gasteiger partial charge in [-0.25, -0.2) is 0 Å². The Bertz CT molecular complexity index is 202. The Morgan fingerprint density at radius 3 is 2.47 bits per heavy atom. The molecule has 0 amide bonds. The Morgan fingerprint density at radius 1 is 1.33 bits per heavy atom. The number of hydrogen-bond acceptors (Lipinski definition) is 3. The van der Waals surface area contributed by atoms with E-state index in [9.17, 15) is 4.89 Å². The van der Waals surface area contributed by atoms with Crippen LogP contribution in [0.1, 0.15) is 46.0 Å². The van der Waals surface area contributed by atoms with Crippen molar-refractivity contribution in [3.63, 3.8) is 0 Å². The van der Waals surface area contributed by atoms with Gasteiger partial charge >= 0.3 is 0 Å². The van der Waals surface area contributed by atoms with Crippen LogP contribution in [0.4, 0.5) is 0 Å². The average Bonchev–Trinajstić information content (AvgIpc) is 2.22. The van der Waals surface area contributed by atoms with Crippen LogP contribution in [0.5, 0.6) is 0 Å². The normalized spacial score (nSPS) is 17.3. The second kappa shape index (κ2) is 8.66. The summed E-state index contributed by atoms with van der Waals surface area (Å²) in [6.45, 7) is 2.79. The molecule has 0 spiro atoms. The molecule has 0 aromatic rings. The molecule has 2 unspecified atom stereocenters. The Kier molecular flexibility index (Phi) is 8.96. The summed E-state index contributed by atoms with van der Waals surface area (Å²) in [6, 6.07) is 0. The van der Waals surface area contributed by atoms with Crippen LogP contribution in [0.25, 0.3) is 0 Å². The van der Waals surface area contributed by atoms with Gasteiger partial charge in [-0.15, -0.1) is 0 Å². The first kappa shape index (κ1) is 15.5. The molecular weight excluding hydrogens is 229 g/mol. The summed E-state index contributed by atoms with van der Waals surface area (Å²) in [7, 11) is 0. The second-order valence-electron chi connectivity index (χ2n) is 3.86. The second-order valence-corrected chi connectivity index (χ2v) is 7.70. The highest BCUT2D eigenvalue weighted by Crippen LogP contribution is 2.49. The fourth-order valence-electron chi connectivity index (χ4n) is 1.15. The zero-order valence-electron chi connectivity index (χ0n) is 9.82. The third-order valence-corrected chi connectivity index (χ3v) is 5.95. The van der Waals surface area contributed by atoms with Crippen molar-refractivity contribution >= 4 is 18.3 Å². The van der Waals surface area contributed by atoms with Crippen molar-refractivity contribution < 1.29 is 9.42 Å². The third kappa shape index (κ3) is 7.42. The largest absolute Gasteiger partial charge is 0.345 e. The van der Waals surface area contributed by atoms with E-state index in [0.29, 0.717) is 6.61 Å². The lowest BCUT2D eigenvalue weighted by atomic mass is 10.2. The van der Waals surface area contributed by atoms with Gasteiger partial charge in [0.15, 0.2) is 6.49 Å². The molecule has 0 aliphatic carbocycles. The highest BCUT2D eigenvalue weighted by atomic mass is 32.5. The monoisotopic (exact) mass is 253 g/mol. The minimum atomic E-state index is -2.53. The Morgan fingerprint density at radius 2 is 1.93 bits per heavy atom. The van der Waals surface area contributed by atoms with Crippen molar-refractivity contribution in [2.75, 3.05) is 13.2 Å². The number of hydrogen-bond donors (Lipinski definition) is 2. The molecule has 5 heteroatoms. The van der Waals surface area contributed by atoms with Gasteiger partial charge in [0.1, 0.15) is 0 Å². The molecule has 0 heterocycles. The van der Waals surface area contributed by atoms with Gasteiger partial charge in [0, 0.05) is 5.66 Å². The molecule has 0 fully saturated rings. The lowest BCUT2D eigenvalue weighted by Gasteiger charge is -2.21. The van der Waals surface area contributed by atoms with E-state index in [1.165, 1.54) is 0 Å². The first-order chi connectivity index (χ1) is 7.04. The molecule has 3 N–H and O–H groups in total. The van der Waals surface area contributed by atoms with Crippen molar-refractivity contribution in [3.8, 4) is 0 Å². The first-order valence-electron chi connectivity index (χ1n) is 5.71. The van der Waals surface area contributed by atoms with Gasteiger partial charge < -0.3 is 15.2 Å². The fraction of sp³-hybridized carbons (Fsp3) is 1.00. The first-order valence-corrected chi connectivity index (χ1v) is 8.46. The Labute approximate surface area is 98.6 Å². The molecule has 92 valence electrons. The van der Waals surface area contributed by atoms with Gasteiger partial charge in [0.25, 0.3) is 0 Å². The molecule has 0 aliphatic rings. The summed E-state index contributed by atoms with van der Waals surface area (Å²) in [5.41, 5.74) is 5.50. The van der Waals surface area contributed by atoms with Gasteiger partial charge in [0.05, 0.1) is 6.61 Å². The van der Waals surface area contributed by atoms with Crippen molar-refractivity contribution in [3.05, 3.63) is 0 Å². The van der Waals surface area contributed by atoms with E-state index in [0.717, 1.165) is 38.6 Å². The molecule has 0 aromatic heterocycles. The maximum Gasteiger partial charge on any atom is 0.188 e. The number of rotatable bonds is 9. The van der Waals surface area contributed by atoms with E-state index in [1.807, 2.05) is 13.8 Å². The van der Waals surface area contributed by atoms with Crippen LogP contribution in [0.2, 0.25) is 0 Å². The molecule has 0 radical (unpaired) electrons. The van der Waals surface area contributed by atoms with Crippen LogP contribution >= 0.6 is 6.49 Å². The van der Waals surface area contributed by atoms with Crippen molar-refractivity contribution in [2.24, 2.45) is 5.73 Å². The fourth-order valence-corrected chi connectivity index (χ4v) is 2.93. The minimum Gasteiger partial charge on any atom is -0.345 e. The molecule has 0 saturated heterocycles. The maximum absolute atomic E-state index is 9.87. The lowest BCUT2D eigenvalue weighted by Crippen LogP contribution is -2.05. The van der Waals surface area contributed by atoms with E-state index in [4.69, 9.17) is 22.1 Å². The zero-order chi connectivity index (χ0) is 11.7. The van der Waals surface area contributed by atoms with E-state index >= 15 is 0 Å². The quantitative estimate of drug-likeness (QED) is 0.490. The smallest absolute Gasteiger partial charge is 0.188 e. The molecule has 15 heavy (non-hydrogen) atoms. The van der Waals surface area contributed by atoms with E-state index in [2.05, 4.69) is 0 Å². The van der Waals surface area contributed by atoms with Gasteiger partial charge in [0.2, 0.25) is 0 Å². The molecule has 2 atom stereocenters. The predicted octanol–water partition coefficient (Wildman–Crippen LogP) is 2.62. The highest BCUT2D eigenvalue weighted by molar-refractivity contribution is 8.09. The maximum atomic E-state index is 9.87. The summed E-state index contributed by atoms with van der Waals surface area (Å²) in [5, 5.41) is 0. The van der Waals surface area contributed by atoms with Gasteiger partial charge in [-0.2, -0.15) is 0 Å².